The van der Waals surface area contributed by atoms with Crippen LogP contribution in [0.4, 0.5) is 0 Å². The van der Waals surface area contributed by atoms with Crippen molar-refractivity contribution in [2.24, 2.45) is 0 Å². The average molecular weight is 248 g/mol. The number of rotatable bonds is 3. The maximum absolute atomic E-state index is 3.53. The molecule has 0 fully saturated rings. The zero-order chi connectivity index (χ0) is 9.14. The van der Waals surface area contributed by atoms with Gasteiger partial charge in [-0.05, 0) is 42.4 Å². The third-order valence-corrected chi connectivity index (χ3v) is 4.23. The second-order valence-corrected chi connectivity index (χ2v) is 4.94. The molecule has 1 unspecified atom stereocenters. The second kappa shape index (κ2) is 4.40. The van der Waals surface area contributed by atoms with Crippen LogP contribution in [-0.4, -0.2) is 7.05 Å². The van der Waals surface area contributed by atoms with Gasteiger partial charge in [0, 0.05) is 20.3 Å². The molecule has 0 radical (unpaired) electrons. The van der Waals surface area contributed by atoms with Gasteiger partial charge in [0.05, 0.1) is 0 Å². The van der Waals surface area contributed by atoms with Crippen LogP contribution < -0.4 is 5.32 Å². The lowest BCUT2D eigenvalue weighted by atomic mass is 10.2. The monoisotopic (exact) mass is 247 g/mol. The van der Waals surface area contributed by atoms with E-state index in [4.69, 9.17) is 0 Å². The summed E-state index contributed by atoms with van der Waals surface area (Å²) < 4.78 is 1.23. The van der Waals surface area contributed by atoms with Crippen LogP contribution in [0, 0.1) is 6.92 Å². The Morgan fingerprint density at radius 2 is 2.33 bits per heavy atom. The van der Waals surface area contributed by atoms with E-state index in [2.05, 4.69) is 41.2 Å². The van der Waals surface area contributed by atoms with Gasteiger partial charge in [-0.15, -0.1) is 11.3 Å². The molecule has 1 N–H and O–H groups in total. The molecule has 3 heteroatoms. The minimum atomic E-state index is 0.514. The number of hydrogen-bond acceptors (Lipinski definition) is 2. The zero-order valence-corrected chi connectivity index (χ0v) is 10.1. The maximum atomic E-state index is 3.53. The van der Waals surface area contributed by atoms with Crippen LogP contribution in [0.2, 0.25) is 0 Å². The van der Waals surface area contributed by atoms with Crippen molar-refractivity contribution in [2.75, 3.05) is 7.05 Å². The summed E-state index contributed by atoms with van der Waals surface area (Å²) in [6.07, 6.45) is 1.14. The van der Waals surface area contributed by atoms with Crippen LogP contribution in [0.1, 0.15) is 29.1 Å². The van der Waals surface area contributed by atoms with Crippen molar-refractivity contribution < 1.29 is 0 Å². The predicted octanol–water partition coefficient (Wildman–Crippen LogP) is 3.49. The number of nitrogens with one attached hydrogen (secondary N) is 1. The fourth-order valence-corrected chi connectivity index (χ4v) is 2.96. The quantitative estimate of drug-likeness (QED) is 0.863. The van der Waals surface area contributed by atoms with Crippen LogP contribution in [0.15, 0.2) is 10.5 Å². The van der Waals surface area contributed by atoms with E-state index < -0.39 is 0 Å². The molecule has 1 rings (SSSR count). The van der Waals surface area contributed by atoms with Crippen LogP contribution in [-0.2, 0) is 0 Å². The maximum Gasteiger partial charge on any atom is 0.0410 e. The number of aryl methyl sites for hydroxylation is 1. The Kier molecular flexibility index (Phi) is 3.75. The smallest absolute Gasteiger partial charge is 0.0410 e. The van der Waals surface area contributed by atoms with Gasteiger partial charge in [0.15, 0.2) is 0 Å². The Balaban J connectivity index is 2.86. The molecule has 1 aromatic heterocycles. The van der Waals surface area contributed by atoms with Gasteiger partial charge in [0.2, 0.25) is 0 Å². The van der Waals surface area contributed by atoms with E-state index in [0.29, 0.717) is 6.04 Å². The molecular formula is C9H14BrNS. The van der Waals surface area contributed by atoms with Crippen LogP contribution >= 0.6 is 27.3 Å². The van der Waals surface area contributed by atoms with E-state index in [1.54, 1.807) is 0 Å². The van der Waals surface area contributed by atoms with Crippen molar-refractivity contribution in [2.45, 2.75) is 26.3 Å². The number of thiophene rings is 1. The zero-order valence-electron chi connectivity index (χ0n) is 7.65. The predicted molar refractivity (Wildman–Crippen MR) is 58.8 cm³/mol. The first kappa shape index (κ1) is 10.2. The first-order chi connectivity index (χ1) is 5.69. The van der Waals surface area contributed by atoms with Gasteiger partial charge in [0.1, 0.15) is 0 Å². The van der Waals surface area contributed by atoms with Crippen molar-refractivity contribution in [1.82, 2.24) is 5.32 Å². The van der Waals surface area contributed by atoms with Gasteiger partial charge in [0.25, 0.3) is 0 Å². The lowest BCUT2D eigenvalue weighted by molar-refractivity contribution is 0.586. The van der Waals surface area contributed by atoms with E-state index in [1.165, 1.54) is 14.2 Å². The molecule has 68 valence electrons. The largest absolute Gasteiger partial charge is 0.312 e. The lowest BCUT2D eigenvalue weighted by Gasteiger charge is -2.10. The first-order valence-electron chi connectivity index (χ1n) is 4.12. The fourth-order valence-electron chi connectivity index (χ4n) is 1.20. The van der Waals surface area contributed by atoms with Crippen LogP contribution in [0.3, 0.4) is 0 Å². The summed E-state index contributed by atoms with van der Waals surface area (Å²) in [6, 6.07) is 2.73. The lowest BCUT2D eigenvalue weighted by Crippen LogP contribution is -2.13. The Morgan fingerprint density at radius 1 is 1.67 bits per heavy atom. The van der Waals surface area contributed by atoms with E-state index >= 15 is 0 Å². The highest BCUT2D eigenvalue weighted by atomic mass is 79.9. The fraction of sp³-hybridized carbons (Fsp3) is 0.556. The van der Waals surface area contributed by atoms with E-state index in [1.807, 2.05) is 18.4 Å². The molecule has 0 aliphatic rings. The molecule has 1 nitrogen and oxygen atoms in total. The van der Waals surface area contributed by atoms with Gasteiger partial charge in [-0.25, -0.2) is 0 Å². The van der Waals surface area contributed by atoms with Gasteiger partial charge in [-0.2, -0.15) is 0 Å². The molecule has 0 saturated carbocycles. The van der Waals surface area contributed by atoms with E-state index in [-0.39, 0.29) is 0 Å². The Labute approximate surface area is 86.3 Å². The molecule has 0 aliphatic carbocycles. The Hall–Kier alpha value is 0.140. The molecule has 0 bridgehead atoms. The van der Waals surface area contributed by atoms with Crippen LogP contribution in [0.25, 0.3) is 0 Å². The summed E-state index contributed by atoms with van der Waals surface area (Å²) in [5, 5.41) is 3.30. The molecule has 12 heavy (non-hydrogen) atoms. The molecule has 0 aromatic carbocycles. The second-order valence-electron chi connectivity index (χ2n) is 2.80. The number of hydrogen-bond donors (Lipinski definition) is 1. The highest BCUT2D eigenvalue weighted by Gasteiger charge is 2.10. The first-order valence-corrected chi connectivity index (χ1v) is 5.73. The molecule has 0 saturated heterocycles. The van der Waals surface area contributed by atoms with Crippen molar-refractivity contribution in [3.63, 3.8) is 0 Å². The summed E-state index contributed by atoms with van der Waals surface area (Å²) in [4.78, 5) is 2.78. The topological polar surface area (TPSA) is 12.0 Å². The Morgan fingerprint density at radius 3 is 2.67 bits per heavy atom. The summed E-state index contributed by atoms with van der Waals surface area (Å²) in [6.45, 7) is 4.34. The summed E-state index contributed by atoms with van der Waals surface area (Å²) in [5.74, 6) is 0. The SMILES string of the molecule is CCC(NC)c1cc(Br)c(C)s1. The normalized spacial score (nSPS) is 13.3. The third kappa shape index (κ3) is 2.09. The summed E-state index contributed by atoms with van der Waals surface area (Å²) in [7, 11) is 2.01. The van der Waals surface area contributed by atoms with E-state index in [9.17, 15) is 0 Å². The van der Waals surface area contributed by atoms with Crippen molar-refractivity contribution in [1.29, 1.82) is 0 Å². The molecule has 1 aromatic rings. The minimum Gasteiger partial charge on any atom is -0.312 e. The summed E-state index contributed by atoms with van der Waals surface area (Å²) >= 11 is 5.39. The molecule has 0 amide bonds. The molecule has 0 aliphatic heterocycles. The molecule has 1 heterocycles. The third-order valence-electron chi connectivity index (χ3n) is 1.98. The Bertz CT molecular complexity index is 234. The number of halogens is 1. The van der Waals surface area contributed by atoms with E-state index in [0.717, 1.165) is 6.42 Å². The van der Waals surface area contributed by atoms with Crippen molar-refractivity contribution >= 4 is 27.3 Å². The van der Waals surface area contributed by atoms with Gasteiger partial charge in [-0.1, -0.05) is 6.92 Å². The average Bonchev–Trinajstić information content (AvgIpc) is 2.35. The minimum absolute atomic E-state index is 0.514. The summed E-state index contributed by atoms with van der Waals surface area (Å²) in [5.41, 5.74) is 0. The van der Waals surface area contributed by atoms with Crippen LogP contribution in [0.5, 0.6) is 0 Å². The van der Waals surface area contributed by atoms with Crippen molar-refractivity contribution in [3.8, 4) is 0 Å². The molecule has 1 atom stereocenters. The van der Waals surface area contributed by atoms with Gasteiger partial charge >= 0.3 is 0 Å². The van der Waals surface area contributed by atoms with Crippen molar-refractivity contribution in [3.05, 3.63) is 20.3 Å². The highest BCUT2D eigenvalue weighted by molar-refractivity contribution is 9.10. The van der Waals surface area contributed by atoms with Gasteiger partial charge < -0.3 is 5.32 Å². The molecular weight excluding hydrogens is 234 g/mol. The standard InChI is InChI=1S/C9H14BrNS/c1-4-8(11-3)9-5-7(10)6(2)12-9/h5,8,11H,4H2,1-3H3. The highest BCUT2D eigenvalue weighted by Crippen LogP contribution is 2.31. The van der Waals surface area contributed by atoms with Gasteiger partial charge in [-0.3, -0.25) is 0 Å². The molecule has 0 spiro atoms.